The van der Waals surface area contributed by atoms with Crippen LogP contribution in [0.1, 0.15) is 35.7 Å². The number of carbonyl (C=O) groups excluding carboxylic acids is 1. The molecule has 23 heavy (non-hydrogen) atoms. The average Bonchev–Trinajstić information content (AvgIpc) is 2.96. The highest BCUT2D eigenvalue weighted by Crippen LogP contribution is 2.32. The number of anilines is 1. The van der Waals surface area contributed by atoms with Crippen molar-refractivity contribution in [1.82, 2.24) is 4.98 Å². The van der Waals surface area contributed by atoms with Gasteiger partial charge in [0.1, 0.15) is 0 Å². The van der Waals surface area contributed by atoms with E-state index < -0.39 is 0 Å². The number of nitrogens with zero attached hydrogens (tertiary/aromatic N) is 1. The molecule has 0 saturated heterocycles. The third kappa shape index (κ3) is 3.26. The molecule has 3 rings (SSSR count). The van der Waals surface area contributed by atoms with Crippen molar-refractivity contribution in [2.24, 2.45) is 0 Å². The Morgan fingerprint density at radius 2 is 1.96 bits per heavy atom. The lowest BCUT2D eigenvalue weighted by molar-refractivity contribution is 0.102. The Morgan fingerprint density at radius 1 is 1.17 bits per heavy atom. The monoisotopic (exact) mass is 342 g/mol. The molecule has 0 atom stereocenters. The first-order valence-corrected chi connectivity index (χ1v) is 9.48. The van der Waals surface area contributed by atoms with Crippen molar-refractivity contribution in [3.63, 3.8) is 0 Å². The maximum Gasteiger partial charge on any atom is 0.258 e. The number of thioether (sulfide) groups is 1. The number of thiazole rings is 1. The van der Waals surface area contributed by atoms with Crippen molar-refractivity contribution in [2.45, 2.75) is 24.7 Å². The maximum absolute atomic E-state index is 12.5. The second-order valence-corrected chi connectivity index (χ2v) is 7.40. The summed E-state index contributed by atoms with van der Waals surface area (Å²) in [6, 6.07) is 13.8. The molecular formula is C18H18N2OS2. The van der Waals surface area contributed by atoms with E-state index in [1.54, 1.807) is 11.8 Å². The van der Waals surface area contributed by atoms with E-state index in [0.717, 1.165) is 15.1 Å². The molecule has 0 unspecified atom stereocenters. The van der Waals surface area contributed by atoms with Gasteiger partial charge in [-0.05, 0) is 35.9 Å². The summed E-state index contributed by atoms with van der Waals surface area (Å²) in [5.41, 5.74) is 2.88. The highest BCUT2D eigenvalue weighted by Gasteiger charge is 2.15. The number of benzene rings is 2. The number of amides is 1. The molecule has 1 amide bonds. The summed E-state index contributed by atoms with van der Waals surface area (Å²) in [7, 11) is 0. The summed E-state index contributed by atoms with van der Waals surface area (Å²) >= 11 is 3.08. The second-order valence-electron chi connectivity index (χ2n) is 5.52. The summed E-state index contributed by atoms with van der Waals surface area (Å²) in [5.74, 6) is 0.293. The van der Waals surface area contributed by atoms with E-state index in [1.807, 2.05) is 42.7 Å². The SMILES string of the molecule is CSc1ccccc1C(=O)Nc1nc2c(C(C)C)cccc2s1. The van der Waals surface area contributed by atoms with Gasteiger partial charge in [-0.25, -0.2) is 4.98 Å². The maximum atomic E-state index is 12.5. The normalized spacial score (nSPS) is 11.1. The number of fused-ring (bicyclic) bond motifs is 1. The van der Waals surface area contributed by atoms with Crippen LogP contribution in [0.3, 0.4) is 0 Å². The van der Waals surface area contributed by atoms with Gasteiger partial charge in [0.05, 0.1) is 15.8 Å². The fourth-order valence-electron chi connectivity index (χ4n) is 2.49. The van der Waals surface area contributed by atoms with E-state index in [9.17, 15) is 4.79 Å². The molecule has 0 spiro atoms. The van der Waals surface area contributed by atoms with E-state index in [0.29, 0.717) is 16.6 Å². The van der Waals surface area contributed by atoms with Gasteiger partial charge in [0.2, 0.25) is 0 Å². The third-order valence-electron chi connectivity index (χ3n) is 3.64. The average molecular weight is 342 g/mol. The van der Waals surface area contributed by atoms with Crippen LogP contribution in [-0.2, 0) is 0 Å². The first-order chi connectivity index (χ1) is 11.1. The zero-order valence-corrected chi connectivity index (χ0v) is 14.9. The molecule has 1 aromatic heterocycles. The van der Waals surface area contributed by atoms with Gasteiger partial charge in [0.15, 0.2) is 5.13 Å². The van der Waals surface area contributed by atoms with Gasteiger partial charge >= 0.3 is 0 Å². The largest absolute Gasteiger partial charge is 0.298 e. The number of hydrogen-bond donors (Lipinski definition) is 1. The molecule has 1 N–H and O–H groups in total. The Morgan fingerprint density at radius 3 is 2.70 bits per heavy atom. The predicted octanol–water partition coefficient (Wildman–Crippen LogP) is 5.39. The Kier molecular flexibility index (Phi) is 4.68. The summed E-state index contributed by atoms with van der Waals surface area (Å²) < 4.78 is 1.10. The zero-order valence-electron chi connectivity index (χ0n) is 13.3. The van der Waals surface area contributed by atoms with Crippen LogP contribution in [0.5, 0.6) is 0 Å². The van der Waals surface area contributed by atoms with Gasteiger partial charge in [0.25, 0.3) is 5.91 Å². The van der Waals surface area contributed by atoms with Crippen LogP contribution in [-0.4, -0.2) is 17.1 Å². The molecule has 0 aliphatic rings. The minimum atomic E-state index is -0.111. The quantitative estimate of drug-likeness (QED) is 0.646. The molecule has 118 valence electrons. The fourth-order valence-corrected chi connectivity index (χ4v) is 3.98. The van der Waals surface area contributed by atoms with Crippen molar-refractivity contribution in [2.75, 3.05) is 11.6 Å². The van der Waals surface area contributed by atoms with Crippen LogP contribution >= 0.6 is 23.1 Å². The molecule has 2 aromatic carbocycles. The first kappa shape index (κ1) is 16.0. The topological polar surface area (TPSA) is 42.0 Å². The van der Waals surface area contributed by atoms with Gasteiger partial charge in [-0.2, -0.15) is 0 Å². The van der Waals surface area contributed by atoms with Crippen molar-refractivity contribution in [1.29, 1.82) is 0 Å². The number of nitrogens with one attached hydrogen (secondary N) is 1. The van der Waals surface area contributed by atoms with Crippen molar-refractivity contribution in [3.8, 4) is 0 Å². The summed E-state index contributed by atoms with van der Waals surface area (Å²) in [6.07, 6.45) is 1.97. The molecule has 3 nitrogen and oxygen atoms in total. The molecule has 0 bridgehead atoms. The van der Waals surface area contributed by atoms with E-state index >= 15 is 0 Å². The number of rotatable bonds is 4. The zero-order chi connectivity index (χ0) is 16.4. The predicted molar refractivity (Wildman–Crippen MR) is 99.9 cm³/mol. The van der Waals surface area contributed by atoms with Gasteiger partial charge in [-0.1, -0.05) is 49.4 Å². The number of hydrogen-bond acceptors (Lipinski definition) is 4. The minimum Gasteiger partial charge on any atom is -0.298 e. The fraction of sp³-hybridized carbons (Fsp3) is 0.222. The van der Waals surface area contributed by atoms with Crippen LogP contribution in [0, 0.1) is 0 Å². The number of para-hydroxylation sites is 1. The molecule has 5 heteroatoms. The van der Waals surface area contributed by atoms with Crippen LogP contribution < -0.4 is 5.32 Å². The van der Waals surface area contributed by atoms with E-state index in [2.05, 4.69) is 30.2 Å². The Labute approximate surface area is 144 Å². The van der Waals surface area contributed by atoms with E-state index in [1.165, 1.54) is 16.9 Å². The standard InChI is InChI=1S/C18H18N2OS2/c1-11(2)12-8-6-10-15-16(12)19-18(23-15)20-17(21)13-7-4-5-9-14(13)22-3/h4-11H,1-3H3,(H,19,20,21). The molecule has 0 aliphatic heterocycles. The van der Waals surface area contributed by atoms with E-state index in [-0.39, 0.29) is 5.91 Å². The van der Waals surface area contributed by atoms with Crippen LogP contribution in [0.2, 0.25) is 0 Å². The molecule has 1 heterocycles. The first-order valence-electron chi connectivity index (χ1n) is 7.44. The summed E-state index contributed by atoms with van der Waals surface area (Å²) in [4.78, 5) is 18.1. The van der Waals surface area contributed by atoms with Crippen LogP contribution in [0.15, 0.2) is 47.4 Å². The number of carbonyl (C=O) groups is 1. The Bertz CT molecular complexity index is 855. The highest BCUT2D eigenvalue weighted by atomic mass is 32.2. The highest BCUT2D eigenvalue weighted by molar-refractivity contribution is 7.98. The molecule has 3 aromatic rings. The van der Waals surface area contributed by atoms with Gasteiger partial charge in [0, 0.05) is 4.90 Å². The van der Waals surface area contributed by atoms with Crippen LogP contribution in [0.25, 0.3) is 10.2 Å². The second kappa shape index (κ2) is 6.72. The lowest BCUT2D eigenvalue weighted by atomic mass is 10.0. The lowest BCUT2D eigenvalue weighted by Crippen LogP contribution is -2.12. The lowest BCUT2D eigenvalue weighted by Gasteiger charge is -2.06. The van der Waals surface area contributed by atoms with E-state index in [4.69, 9.17) is 0 Å². The van der Waals surface area contributed by atoms with Crippen molar-refractivity contribution < 1.29 is 4.79 Å². The van der Waals surface area contributed by atoms with Crippen molar-refractivity contribution >= 4 is 44.4 Å². The molecule has 0 aliphatic carbocycles. The Hall–Kier alpha value is -1.85. The third-order valence-corrected chi connectivity index (χ3v) is 5.38. The van der Waals surface area contributed by atoms with Crippen LogP contribution in [0.4, 0.5) is 5.13 Å². The minimum absolute atomic E-state index is 0.111. The number of aromatic nitrogens is 1. The molecule has 0 saturated carbocycles. The molecule has 0 radical (unpaired) electrons. The summed E-state index contributed by atoms with van der Waals surface area (Å²) in [6.45, 7) is 4.31. The molecular weight excluding hydrogens is 324 g/mol. The van der Waals surface area contributed by atoms with Gasteiger partial charge in [-0.3, -0.25) is 10.1 Å². The van der Waals surface area contributed by atoms with Crippen molar-refractivity contribution in [3.05, 3.63) is 53.6 Å². The Balaban J connectivity index is 1.93. The summed E-state index contributed by atoms with van der Waals surface area (Å²) in [5, 5.41) is 3.59. The molecule has 0 fully saturated rings. The van der Waals surface area contributed by atoms with Gasteiger partial charge in [-0.15, -0.1) is 11.8 Å². The van der Waals surface area contributed by atoms with Gasteiger partial charge < -0.3 is 0 Å². The smallest absolute Gasteiger partial charge is 0.258 e.